The summed E-state index contributed by atoms with van der Waals surface area (Å²) in [6, 6.07) is 179. The summed E-state index contributed by atoms with van der Waals surface area (Å²) in [4.78, 5) is 0. The van der Waals surface area contributed by atoms with Crippen LogP contribution in [0.4, 0.5) is 0 Å². The van der Waals surface area contributed by atoms with Crippen molar-refractivity contribution >= 4 is 141 Å². The maximum absolute atomic E-state index is 6.67. The van der Waals surface area contributed by atoms with Gasteiger partial charge in [0, 0.05) is 37.9 Å². The fraction of sp³-hybridized carbons (Fsp3) is 0. The molecule has 133 heavy (non-hydrogen) atoms. The Kier molecular flexibility index (Phi) is 19.3. The average molecular weight is 1690 g/mol. The van der Waals surface area contributed by atoms with Gasteiger partial charge >= 0.3 is 0 Å². The van der Waals surface area contributed by atoms with E-state index in [4.69, 9.17) is 13.3 Å². The summed E-state index contributed by atoms with van der Waals surface area (Å²) < 4.78 is 19.6. The molecule has 3 heterocycles. The third kappa shape index (κ3) is 13.6. The van der Waals surface area contributed by atoms with Crippen LogP contribution in [0.25, 0.3) is 264 Å². The van der Waals surface area contributed by atoms with Gasteiger partial charge in [-0.15, -0.1) is 0 Å². The minimum absolute atomic E-state index is 0.899. The van der Waals surface area contributed by atoms with Crippen molar-refractivity contribution in [3.05, 3.63) is 497 Å². The van der Waals surface area contributed by atoms with E-state index in [1.807, 2.05) is 6.07 Å². The molecule has 0 atom stereocenters. The van der Waals surface area contributed by atoms with E-state index in [0.717, 1.165) is 77.1 Å². The van der Waals surface area contributed by atoms with E-state index in [1.165, 1.54) is 186 Å². The summed E-state index contributed by atoms with van der Waals surface area (Å²) in [5.41, 5.74) is 32.1. The molecule has 0 amide bonds. The molecule has 0 spiro atoms. The Morgan fingerprint density at radius 2 is 0.398 bits per heavy atom. The first kappa shape index (κ1) is 77.8. The van der Waals surface area contributed by atoms with Crippen LogP contribution < -0.4 is 0 Å². The van der Waals surface area contributed by atoms with Crippen LogP contribution in [-0.2, 0) is 0 Å². The molecular formula is C130H82O3. The monoisotopic (exact) mass is 1690 g/mol. The van der Waals surface area contributed by atoms with Crippen LogP contribution in [0.2, 0.25) is 0 Å². The fourth-order valence-electron chi connectivity index (χ4n) is 21.0. The van der Waals surface area contributed by atoms with E-state index in [0.29, 0.717) is 0 Å². The lowest BCUT2D eigenvalue weighted by atomic mass is 9.84. The number of rotatable bonds is 11. The van der Waals surface area contributed by atoms with Crippen molar-refractivity contribution in [1.29, 1.82) is 0 Å². The Bertz CT molecular complexity index is 9050. The van der Waals surface area contributed by atoms with Gasteiger partial charge in [0.2, 0.25) is 0 Å². The molecule has 0 saturated carbocycles. The van der Waals surface area contributed by atoms with Crippen LogP contribution in [0.5, 0.6) is 0 Å². The van der Waals surface area contributed by atoms with E-state index >= 15 is 0 Å². The van der Waals surface area contributed by atoms with Crippen molar-refractivity contribution in [1.82, 2.24) is 0 Å². The highest BCUT2D eigenvalue weighted by Crippen LogP contribution is 2.54. The van der Waals surface area contributed by atoms with Crippen molar-refractivity contribution < 1.29 is 13.3 Å². The molecule has 620 valence electrons. The van der Waals surface area contributed by atoms with Gasteiger partial charge in [-0.05, 0) is 247 Å². The van der Waals surface area contributed by atoms with Gasteiger partial charge in [-0.1, -0.05) is 443 Å². The van der Waals surface area contributed by atoms with Gasteiger partial charge in [0.15, 0.2) is 0 Å². The highest BCUT2D eigenvalue weighted by molar-refractivity contribution is 6.30. The zero-order valence-corrected chi connectivity index (χ0v) is 72.6. The molecule has 0 saturated heterocycles. The molecule has 27 rings (SSSR count). The highest BCUT2D eigenvalue weighted by Gasteiger charge is 2.27. The quantitative estimate of drug-likeness (QED) is 0.121. The Morgan fingerprint density at radius 1 is 0.113 bits per heavy atom. The van der Waals surface area contributed by atoms with Gasteiger partial charge in [0.25, 0.3) is 0 Å². The molecule has 0 aliphatic heterocycles. The van der Waals surface area contributed by atoms with Gasteiger partial charge in [-0.3, -0.25) is 0 Å². The van der Waals surface area contributed by atoms with Crippen LogP contribution in [0.15, 0.2) is 511 Å². The molecule has 3 nitrogen and oxygen atoms in total. The maximum Gasteiger partial charge on any atom is 0.143 e. The zero-order chi connectivity index (χ0) is 87.8. The van der Waals surface area contributed by atoms with Gasteiger partial charge in [-0.25, -0.2) is 0 Å². The molecule has 0 radical (unpaired) electrons. The molecule has 0 aliphatic carbocycles. The van der Waals surface area contributed by atoms with Gasteiger partial charge in [-0.2, -0.15) is 0 Å². The van der Waals surface area contributed by atoms with Gasteiger partial charge in [0.05, 0.1) is 0 Å². The molecule has 24 aromatic carbocycles. The van der Waals surface area contributed by atoms with E-state index in [2.05, 4.69) is 491 Å². The maximum atomic E-state index is 6.67. The topological polar surface area (TPSA) is 39.4 Å². The average Bonchev–Trinajstić information content (AvgIpc) is 1.69. The van der Waals surface area contributed by atoms with Crippen molar-refractivity contribution in [2.24, 2.45) is 0 Å². The number of fused-ring (bicyclic) bond motifs is 16. The highest BCUT2D eigenvalue weighted by atomic mass is 16.3. The third-order valence-electron chi connectivity index (χ3n) is 27.0. The van der Waals surface area contributed by atoms with E-state index < -0.39 is 0 Å². The van der Waals surface area contributed by atoms with Gasteiger partial charge < -0.3 is 13.3 Å². The summed E-state index contributed by atoms with van der Waals surface area (Å²) in [6.45, 7) is 0. The Hall–Kier alpha value is -17.5. The lowest BCUT2D eigenvalue weighted by Crippen LogP contribution is -1.92. The molecular weight excluding hydrogens is 1610 g/mol. The third-order valence-corrected chi connectivity index (χ3v) is 27.0. The van der Waals surface area contributed by atoms with Crippen LogP contribution >= 0.6 is 0 Å². The predicted octanol–water partition coefficient (Wildman–Crippen LogP) is 37.2. The smallest absolute Gasteiger partial charge is 0.143 e. The molecule has 0 aliphatic rings. The van der Waals surface area contributed by atoms with Crippen LogP contribution in [0.3, 0.4) is 0 Å². The second-order valence-electron chi connectivity index (χ2n) is 34.5. The lowest BCUT2D eigenvalue weighted by molar-refractivity contribution is 0.668. The van der Waals surface area contributed by atoms with Crippen molar-refractivity contribution in [2.75, 3.05) is 0 Å². The van der Waals surface area contributed by atoms with Crippen molar-refractivity contribution in [3.63, 3.8) is 0 Å². The predicted molar refractivity (Wildman–Crippen MR) is 563 cm³/mol. The summed E-state index contributed by atoms with van der Waals surface area (Å²) in [5.74, 6) is 0. The summed E-state index contributed by atoms with van der Waals surface area (Å²) >= 11 is 0. The van der Waals surface area contributed by atoms with E-state index in [-0.39, 0.29) is 0 Å². The number of furan rings is 3. The van der Waals surface area contributed by atoms with E-state index in [1.54, 1.807) is 0 Å². The van der Waals surface area contributed by atoms with Crippen LogP contribution in [-0.4, -0.2) is 0 Å². The number of benzene rings is 24. The number of hydrogen-bond donors (Lipinski definition) is 0. The summed E-state index contributed by atoms with van der Waals surface area (Å²) in [7, 11) is 0. The first-order chi connectivity index (χ1) is 66.0. The Morgan fingerprint density at radius 3 is 0.865 bits per heavy atom. The molecule has 0 fully saturated rings. The molecule has 0 N–H and O–H groups in total. The summed E-state index contributed by atoms with van der Waals surface area (Å²) in [5, 5.41) is 24.2. The van der Waals surface area contributed by atoms with Crippen LogP contribution in [0.1, 0.15) is 0 Å². The van der Waals surface area contributed by atoms with Crippen molar-refractivity contribution in [3.8, 4) is 122 Å². The lowest BCUT2D eigenvalue weighted by Gasteiger charge is -2.19. The Balaban J connectivity index is 0.000000108. The molecule has 3 aromatic heterocycles. The minimum Gasteiger partial charge on any atom is -0.456 e. The molecule has 3 heteroatoms. The second kappa shape index (κ2) is 33.0. The standard InChI is InChI=1S/C48H30O.C44H28O.C38H24O/c1-2-12-31(13-3-1)33-22-25-34(26-23-33)46-38-16-6-8-18-40(38)47(41-19-9-7-17-39(41)46)43-29-37(36-27-24-32-14-4-5-15-35(32)28-36)30-45-48(43)42-20-10-11-21-44(42)49-45;1-3-14-29(15-4-1)31-18-13-19-32(28-31)41-34-20-7-9-22-36(34)42(37-23-10-8-21-35(37)41)39-27-26-33(30-16-5-2-6-17-30)44-43(39)38-24-11-12-25-40(38)45-44;1-2-11-25(12-3-1)26-21-23-27(24-22-26)36-28-13-4-6-15-30(28)37(31-16-7-5-14-29(31)36)33-18-10-20-35-38(33)32-17-8-9-19-34(32)39-35/h1-30H;1-28H;1-24H. The second-order valence-corrected chi connectivity index (χ2v) is 34.5. The van der Waals surface area contributed by atoms with Crippen molar-refractivity contribution in [2.45, 2.75) is 0 Å². The fourth-order valence-corrected chi connectivity index (χ4v) is 21.0. The first-order valence-electron chi connectivity index (χ1n) is 45.7. The number of para-hydroxylation sites is 3. The van der Waals surface area contributed by atoms with Gasteiger partial charge in [0.1, 0.15) is 33.5 Å². The first-order valence-corrected chi connectivity index (χ1v) is 45.7. The molecule has 27 aromatic rings. The van der Waals surface area contributed by atoms with E-state index in [9.17, 15) is 0 Å². The largest absolute Gasteiger partial charge is 0.456 e. The SMILES string of the molecule is c1ccc(-c2ccc(-c3c4ccccc4c(-c4cc(-c5ccc6ccccc6c5)cc5oc6ccccc6c45)c4ccccc34)cc2)cc1.c1ccc(-c2ccc(-c3c4ccccc4c(-c4cccc5oc6ccccc6c45)c4ccccc34)cc2)cc1.c1ccc(-c2cccc(-c3c4ccccc4c(-c4ccc(-c5ccccc5)c5oc6ccccc6c45)c4ccccc34)c2)cc1. The normalized spacial score (nSPS) is 11.6. The zero-order valence-electron chi connectivity index (χ0n) is 72.6. The number of hydrogen-bond acceptors (Lipinski definition) is 3. The van der Waals surface area contributed by atoms with Crippen LogP contribution in [0, 0.1) is 0 Å². The summed E-state index contributed by atoms with van der Waals surface area (Å²) in [6.07, 6.45) is 0. The minimum atomic E-state index is 0.899. The molecule has 0 unspecified atom stereocenters. The molecule has 0 bridgehead atoms. The Labute approximate surface area is 768 Å².